The van der Waals surface area contributed by atoms with Gasteiger partial charge in [0.15, 0.2) is 0 Å². The topological polar surface area (TPSA) is 62.5 Å². The molecule has 0 bridgehead atoms. The molecule has 0 spiro atoms. The lowest BCUT2D eigenvalue weighted by Crippen LogP contribution is -2.31. The monoisotopic (exact) mass is 251 g/mol. The van der Waals surface area contributed by atoms with Gasteiger partial charge in [0, 0.05) is 6.54 Å². The number of carboxylic acids is 1. The van der Waals surface area contributed by atoms with E-state index in [0.717, 1.165) is 6.54 Å². The smallest absolute Gasteiger partial charge is 0.371 e. The number of carboxylic acid groups (broad SMARTS) is 1. The SMILES string of the molecule is CC(NCC1(C)CCCC1)c1ccc(C(=O)O)o1. The van der Waals surface area contributed by atoms with E-state index in [2.05, 4.69) is 12.2 Å². The molecule has 0 aromatic carbocycles. The fourth-order valence-corrected chi connectivity index (χ4v) is 2.61. The Morgan fingerprint density at radius 1 is 1.50 bits per heavy atom. The lowest BCUT2D eigenvalue weighted by Gasteiger charge is -2.25. The molecular weight excluding hydrogens is 230 g/mol. The van der Waals surface area contributed by atoms with Gasteiger partial charge >= 0.3 is 5.97 Å². The second-order valence-corrected chi connectivity index (χ2v) is 5.63. The minimum atomic E-state index is -1.02. The van der Waals surface area contributed by atoms with Gasteiger partial charge in [-0.25, -0.2) is 4.79 Å². The molecule has 2 rings (SSSR count). The predicted octanol–water partition coefficient (Wildman–Crippen LogP) is 3.21. The van der Waals surface area contributed by atoms with Gasteiger partial charge in [-0.2, -0.15) is 0 Å². The van der Waals surface area contributed by atoms with Crippen LogP contribution in [0.25, 0.3) is 0 Å². The van der Waals surface area contributed by atoms with Crippen LogP contribution in [0.1, 0.15) is 61.9 Å². The van der Waals surface area contributed by atoms with Crippen LogP contribution in [-0.4, -0.2) is 17.6 Å². The van der Waals surface area contributed by atoms with Crippen molar-refractivity contribution in [3.05, 3.63) is 23.7 Å². The number of aromatic carboxylic acids is 1. The number of furan rings is 1. The second-order valence-electron chi connectivity index (χ2n) is 5.63. The first-order chi connectivity index (χ1) is 8.50. The van der Waals surface area contributed by atoms with E-state index in [0.29, 0.717) is 11.2 Å². The first-order valence-electron chi connectivity index (χ1n) is 6.57. The average molecular weight is 251 g/mol. The van der Waals surface area contributed by atoms with Crippen molar-refractivity contribution in [2.75, 3.05) is 6.54 Å². The van der Waals surface area contributed by atoms with Gasteiger partial charge in [-0.05, 0) is 37.3 Å². The van der Waals surface area contributed by atoms with Crippen molar-refractivity contribution < 1.29 is 14.3 Å². The van der Waals surface area contributed by atoms with Crippen molar-refractivity contribution in [2.45, 2.75) is 45.6 Å². The molecule has 0 saturated heterocycles. The van der Waals surface area contributed by atoms with Crippen LogP contribution >= 0.6 is 0 Å². The third-order valence-corrected chi connectivity index (χ3v) is 3.91. The van der Waals surface area contributed by atoms with Crippen LogP contribution in [0.2, 0.25) is 0 Å². The van der Waals surface area contributed by atoms with Crippen molar-refractivity contribution in [1.82, 2.24) is 5.32 Å². The van der Waals surface area contributed by atoms with Crippen molar-refractivity contribution >= 4 is 5.97 Å². The van der Waals surface area contributed by atoms with Crippen LogP contribution in [0.5, 0.6) is 0 Å². The first-order valence-corrected chi connectivity index (χ1v) is 6.57. The van der Waals surface area contributed by atoms with Crippen molar-refractivity contribution in [3.63, 3.8) is 0 Å². The van der Waals surface area contributed by atoms with Gasteiger partial charge in [0.05, 0.1) is 6.04 Å². The summed E-state index contributed by atoms with van der Waals surface area (Å²) in [4.78, 5) is 10.7. The molecule has 1 aromatic rings. The van der Waals surface area contributed by atoms with Crippen LogP contribution in [0.15, 0.2) is 16.5 Å². The van der Waals surface area contributed by atoms with E-state index in [1.165, 1.54) is 31.7 Å². The number of rotatable bonds is 5. The standard InChI is InChI=1S/C14H21NO3/c1-10(11-5-6-12(18-11)13(16)17)15-9-14(2)7-3-4-8-14/h5-6,10,15H,3-4,7-9H2,1-2H3,(H,16,17). The van der Waals surface area contributed by atoms with E-state index in [1.54, 1.807) is 6.07 Å². The summed E-state index contributed by atoms with van der Waals surface area (Å²) in [7, 11) is 0. The Balaban J connectivity index is 1.90. The van der Waals surface area contributed by atoms with E-state index < -0.39 is 5.97 Å². The molecular formula is C14H21NO3. The lowest BCUT2D eigenvalue weighted by molar-refractivity contribution is 0.0659. The van der Waals surface area contributed by atoms with Crippen LogP contribution in [0.3, 0.4) is 0 Å². The Kier molecular flexibility index (Phi) is 3.76. The van der Waals surface area contributed by atoms with Gasteiger partial charge in [-0.1, -0.05) is 19.8 Å². The van der Waals surface area contributed by atoms with Crippen molar-refractivity contribution in [3.8, 4) is 0 Å². The summed E-state index contributed by atoms with van der Waals surface area (Å²) in [5.74, 6) is -0.323. The normalized spacial score (nSPS) is 19.9. The second kappa shape index (κ2) is 5.14. The Morgan fingerprint density at radius 3 is 2.72 bits per heavy atom. The summed E-state index contributed by atoms with van der Waals surface area (Å²) in [6.45, 7) is 5.27. The van der Waals surface area contributed by atoms with Gasteiger partial charge < -0.3 is 14.8 Å². The fraction of sp³-hybridized carbons (Fsp3) is 0.643. The van der Waals surface area contributed by atoms with Crippen molar-refractivity contribution in [2.24, 2.45) is 5.41 Å². The highest BCUT2D eigenvalue weighted by Gasteiger charge is 2.29. The van der Waals surface area contributed by atoms with Gasteiger partial charge in [-0.15, -0.1) is 0 Å². The van der Waals surface area contributed by atoms with Crippen LogP contribution in [0, 0.1) is 5.41 Å². The van der Waals surface area contributed by atoms with E-state index >= 15 is 0 Å². The summed E-state index contributed by atoms with van der Waals surface area (Å²) >= 11 is 0. The Bertz CT molecular complexity index is 418. The molecule has 1 aliphatic carbocycles. The van der Waals surface area contributed by atoms with E-state index in [4.69, 9.17) is 9.52 Å². The zero-order chi connectivity index (χ0) is 13.2. The molecule has 4 heteroatoms. The fourth-order valence-electron chi connectivity index (χ4n) is 2.61. The molecule has 4 nitrogen and oxygen atoms in total. The molecule has 1 aromatic heterocycles. The maximum atomic E-state index is 10.7. The van der Waals surface area contributed by atoms with Gasteiger partial charge in [0.1, 0.15) is 5.76 Å². The van der Waals surface area contributed by atoms with Crippen LogP contribution in [-0.2, 0) is 0 Å². The number of hydrogen-bond donors (Lipinski definition) is 2. The van der Waals surface area contributed by atoms with E-state index in [-0.39, 0.29) is 11.8 Å². The molecule has 18 heavy (non-hydrogen) atoms. The Labute approximate surface area is 107 Å². The largest absolute Gasteiger partial charge is 0.475 e. The molecule has 1 saturated carbocycles. The minimum Gasteiger partial charge on any atom is -0.475 e. The highest BCUT2D eigenvalue weighted by atomic mass is 16.4. The molecule has 1 aliphatic rings. The van der Waals surface area contributed by atoms with Crippen LogP contribution < -0.4 is 5.32 Å². The quantitative estimate of drug-likeness (QED) is 0.843. The highest BCUT2D eigenvalue weighted by molar-refractivity contribution is 5.84. The molecule has 0 radical (unpaired) electrons. The highest BCUT2D eigenvalue weighted by Crippen LogP contribution is 2.37. The third-order valence-electron chi connectivity index (χ3n) is 3.91. The average Bonchev–Trinajstić information content (AvgIpc) is 2.95. The number of hydrogen-bond acceptors (Lipinski definition) is 3. The number of nitrogens with one attached hydrogen (secondary N) is 1. The molecule has 1 heterocycles. The molecule has 100 valence electrons. The summed E-state index contributed by atoms with van der Waals surface area (Å²) in [6.07, 6.45) is 5.17. The maximum Gasteiger partial charge on any atom is 0.371 e. The molecule has 0 amide bonds. The summed E-state index contributed by atoms with van der Waals surface area (Å²) in [5, 5.41) is 12.3. The minimum absolute atomic E-state index is 0.00530. The van der Waals surface area contributed by atoms with Crippen molar-refractivity contribution in [1.29, 1.82) is 0 Å². The first kappa shape index (κ1) is 13.1. The Hall–Kier alpha value is -1.29. The third kappa shape index (κ3) is 2.93. The molecule has 1 unspecified atom stereocenters. The van der Waals surface area contributed by atoms with E-state index in [9.17, 15) is 4.79 Å². The lowest BCUT2D eigenvalue weighted by atomic mass is 9.88. The molecule has 1 fully saturated rings. The Morgan fingerprint density at radius 2 is 2.17 bits per heavy atom. The van der Waals surface area contributed by atoms with Gasteiger partial charge in [-0.3, -0.25) is 0 Å². The maximum absolute atomic E-state index is 10.7. The zero-order valence-electron chi connectivity index (χ0n) is 11.0. The van der Waals surface area contributed by atoms with E-state index in [1.807, 2.05) is 6.92 Å². The molecule has 2 N–H and O–H groups in total. The predicted molar refractivity (Wildman–Crippen MR) is 68.7 cm³/mol. The molecule has 0 aliphatic heterocycles. The summed E-state index contributed by atoms with van der Waals surface area (Å²) in [5.41, 5.74) is 0.385. The van der Waals surface area contributed by atoms with Gasteiger partial charge in [0.2, 0.25) is 5.76 Å². The van der Waals surface area contributed by atoms with Crippen LogP contribution in [0.4, 0.5) is 0 Å². The molecule has 1 atom stereocenters. The summed E-state index contributed by atoms with van der Waals surface area (Å²) < 4.78 is 5.29. The zero-order valence-corrected chi connectivity index (χ0v) is 11.0. The summed E-state index contributed by atoms with van der Waals surface area (Å²) in [6, 6.07) is 3.29. The number of carbonyl (C=O) groups is 1. The van der Waals surface area contributed by atoms with Gasteiger partial charge in [0.25, 0.3) is 0 Å².